The molecule has 0 atom stereocenters. The molecule has 8 nitrogen and oxygen atoms in total. The van der Waals surface area contributed by atoms with Gasteiger partial charge in [0, 0.05) is 5.69 Å². The minimum absolute atomic E-state index is 0.0638. The minimum atomic E-state index is -3.67. The van der Waals surface area contributed by atoms with Crippen LogP contribution in [0.25, 0.3) is 11.4 Å². The number of nitrogens with two attached hydrogens (primary N) is 1. The van der Waals surface area contributed by atoms with E-state index < -0.39 is 21.7 Å². The molecule has 3 aromatic rings. The van der Waals surface area contributed by atoms with Gasteiger partial charge in [-0.05, 0) is 29.8 Å². The molecule has 3 N–H and O–H groups in total. The number of anilines is 2. The zero-order chi connectivity index (χ0) is 20.3. The van der Waals surface area contributed by atoms with E-state index in [4.69, 9.17) is 9.88 Å². The first-order valence-electron chi connectivity index (χ1n) is 7.84. The van der Waals surface area contributed by atoms with Gasteiger partial charge >= 0.3 is 0 Å². The van der Waals surface area contributed by atoms with Crippen LogP contribution in [0.3, 0.4) is 0 Å². The Morgan fingerprint density at radius 3 is 2.68 bits per heavy atom. The Morgan fingerprint density at radius 2 is 1.96 bits per heavy atom. The number of benzene rings is 2. The molecule has 0 radical (unpaired) electrons. The fourth-order valence-corrected chi connectivity index (χ4v) is 3.14. The third kappa shape index (κ3) is 4.56. The summed E-state index contributed by atoms with van der Waals surface area (Å²) in [6.07, 6.45) is 1.19. The number of nitrogens with zero attached hydrogens (tertiary/aromatic N) is 3. The van der Waals surface area contributed by atoms with E-state index in [1.807, 2.05) is 0 Å². The Hall–Kier alpha value is -3.18. The van der Waals surface area contributed by atoms with Gasteiger partial charge in [-0.15, -0.1) is 0 Å². The second-order valence-electron chi connectivity index (χ2n) is 5.71. The minimum Gasteiger partial charge on any atom is -0.493 e. The van der Waals surface area contributed by atoms with Gasteiger partial charge in [0.25, 0.3) is 0 Å². The van der Waals surface area contributed by atoms with E-state index in [0.29, 0.717) is 11.3 Å². The molecule has 0 aliphatic carbocycles. The molecule has 0 saturated carbocycles. The van der Waals surface area contributed by atoms with Crippen LogP contribution in [0.5, 0.6) is 5.75 Å². The van der Waals surface area contributed by atoms with Gasteiger partial charge < -0.3 is 10.1 Å². The van der Waals surface area contributed by atoms with Gasteiger partial charge in [-0.3, -0.25) is 0 Å². The molecule has 2 aromatic carbocycles. The van der Waals surface area contributed by atoms with Crippen LogP contribution < -0.4 is 15.2 Å². The lowest BCUT2D eigenvalue weighted by molar-refractivity contribution is 0.373. The quantitative estimate of drug-likeness (QED) is 0.643. The van der Waals surface area contributed by atoms with Crippen molar-refractivity contribution in [1.29, 1.82) is 0 Å². The Labute approximate surface area is 159 Å². The van der Waals surface area contributed by atoms with Gasteiger partial charge in [-0.1, -0.05) is 12.1 Å². The zero-order valence-electron chi connectivity index (χ0n) is 14.6. The predicted molar refractivity (Wildman–Crippen MR) is 98.3 cm³/mol. The predicted octanol–water partition coefficient (Wildman–Crippen LogP) is 2.36. The van der Waals surface area contributed by atoms with E-state index in [-0.39, 0.29) is 28.8 Å². The maximum Gasteiger partial charge on any atom is 0.230 e. The van der Waals surface area contributed by atoms with Crippen molar-refractivity contribution >= 4 is 21.7 Å². The number of primary sulfonamides is 1. The van der Waals surface area contributed by atoms with Gasteiger partial charge in [0.2, 0.25) is 21.8 Å². The summed E-state index contributed by atoms with van der Waals surface area (Å²) in [5.74, 6) is -2.67. The fourth-order valence-electron chi connectivity index (χ4n) is 2.49. The van der Waals surface area contributed by atoms with Crippen LogP contribution in [-0.2, 0) is 15.8 Å². The highest BCUT2D eigenvalue weighted by Gasteiger charge is 2.18. The van der Waals surface area contributed by atoms with Crippen molar-refractivity contribution in [3.05, 3.63) is 59.9 Å². The molecule has 3 rings (SSSR count). The molecule has 0 aliphatic heterocycles. The van der Waals surface area contributed by atoms with Crippen molar-refractivity contribution in [2.24, 2.45) is 5.14 Å². The summed E-state index contributed by atoms with van der Waals surface area (Å²) in [5, 5.41) is 7.95. The number of rotatable bonds is 6. The van der Waals surface area contributed by atoms with E-state index in [0.717, 1.165) is 6.07 Å². The van der Waals surface area contributed by atoms with Crippen molar-refractivity contribution in [3.63, 3.8) is 0 Å². The van der Waals surface area contributed by atoms with Crippen LogP contribution >= 0.6 is 0 Å². The van der Waals surface area contributed by atoms with E-state index >= 15 is 0 Å². The molecule has 0 aliphatic rings. The lowest BCUT2D eigenvalue weighted by Crippen LogP contribution is -2.14. The van der Waals surface area contributed by atoms with Crippen LogP contribution in [0, 0.1) is 11.6 Å². The van der Waals surface area contributed by atoms with Gasteiger partial charge in [-0.2, -0.15) is 9.37 Å². The van der Waals surface area contributed by atoms with E-state index in [1.54, 1.807) is 24.3 Å². The summed E-state index contributed by atoms with van der Waals surface area (Å²) in [6, 6.07) is 8.74. The molecule has 0 fully saturated rings. The molecule has 1 aromatic heterocycles. The first-order valence-corrected chi connectivity index (χ1v) is 9.56. The first kappa shape index (κ1) is 19.6. The molecule has 146 valence electrons. The molecule has 28 heavy (non-hydrogen) atoms. The molecular formula is C17H15F2N5O3S. The van der Waals surface area contributed by atoms with Crippen molar-refractivity contribution < 1.29 is 21.9 Å². The van der Waals surface area contributed by atoms with Crippen LogP contribution in [-0.4, -0.2) is 30.5 Å². The van der Waals surface area contributed by atoms with Crippen molar-refractivity contribution in [3.8, 4) is 17.1 Å². The molecule has 0 saturated heterocycles. The molecular weight excluding hydrogens is 392 g/mol. The summed E-state index contributed by atoms with van der Waals surface area (Å²) in [5.41, 5.74) is 1.13. The lowest BCUT2D eigenvalue weighted by atomic mass is 10.1. The SMILES string of the molecule is COc1c(-c2ncnc(Nc3cccc(CS(N)(=O)=O)c3)n2)ccc(F)c1F. The molecule has 11 heteroatoms. The van der Waals surface area contributed by atoms with Crippen LogP contribution in [0.2, 0.25) is 0 Å². The Morgan fingerprint density at radius 1 is 1.18 bits per heavy atom. The number of aromatic nitrogens is 3. The summed E-state index contributed by atoms with van der Waals surface area (Å²) in [4.78, 5) is 12.1. The molecule has 0 unspecified atom stereocenters. The summed E-state index contributed by atoms with van der Waals surface area (Å²) >= 11 is 0. The third-order valence-corrected chi connectivity index (χ3v) is 4.35. The topological polar surface area (TPSA) is 120 Å². The van der Waals surface area contributed by atoms with Crippen LogP contribution in [0.1, 0.15) is 5.56 Å². The number of halogens is 2. The first-order chi connectivity index (χ1) is 13.3. The number of nitrogens with one attached hydrogen (secondary N) is 1. The summed E-state index contributed by atoms with van der Waals surface area (Å²) < 4.78 is 54.7. The maximum absolute atomic E-state index is 13.9. The Bertz CT molecular complexity index is 1130. The van der Waals surface area contributed by atoms with Crippen LogP contribution in [0.15, 0.2) is 42.7 Å². The highest BCUT2D eigenvalue weighted by molar-refractivity contribution is 7.88. The highest BCUT2D eigenvalue weighted by atomic mass is 32.2. The van der Waals surface area contributed by atoms with Gasteiger partial charge in [0.05, 0.1) is 18.4 Å². The lowest BCUT2D eigenvalue weighted by Gasteiger charge is -2.10. The average Bonchev–Trinajstić information content (AvgIpc) is 2.63. The monoisotopic (exact) mass is 407 g/mol. The Balaban J connectivity index is 1.91. The summed E-state index contributed by atoms with van der Waals surface area (Å²) in [6.45, 7) is 0. The highest BCUT2D eigenvalue weighted by Crippen LogP contribution is 2.31. The van der Waals surface area contributed by atoms with Crippen molar-refractivity contribution in [2.45, 2.75) is 5.75 Å². The smallest absolute Gasteiger partial charge is 0.230 e. The van der Waals surface area contributed by atoms with Crippen molar-refractivity contribution in [2.75, 3.05) is 12.4 Å². The number of methoxy groups -OCH3 is 1. The molecule has 0 bridgehead atoms. The van der Waals surface area contributed by atoms with E-state index in [2.05, 4.69) is 20.3 Å². The molecule has 1 heterocycles. The van der Waals surface area contributed by atoms with Crippen LogP contribution in [0.4, 0.5) is 20.4 Å². The normalized spacial score (nSPS) is 11.3. The maximum atomic E-state index is 13.9. The number of ether oxygens (including phenoxy) is 1. The standard InChI is InChI=1S/C17H15F2N5O3S/c1-27-15-12(5-6-13(18)14(15)19)16-21-9-22-17(24-16)23-11-4-2-3-10(7-11)8-28(20,25)26/h2-7,9H,8H2,1H3,(H2,20,25,26)(H,21,22,23,24). The largest absolute Gasteiger partial charge is 0.493 e. The van der Waals surface area contributed by atoms with Gasteiger partial charge in [0.1, 0.15) is 6.33 Å². The number of sulfonamides is 1. The zero-order valence-corrected chi connectivity index (χ0v) is 15.4. The number of hydrogen-bond donors (Lipinski definition) is 2. The molecule has 0 spiro atoms. The summed E-state index contributed by atoms with van der Waals surface area (Å²) in [7, 11) is -2.47. The number of hydrogen-bond acceptors (Lipinski definition) is 7. The third-order valence-electron chi connectivity index (χ3n) is 3.62. The van der Waals surface area contributed by atoms with E-state index in [1.165, 1.54) is 19.5 Å². The van der Waals surface area contributed by atoms with Gasteiger partial charge in [0.15, 0.2) is 17.4 Å². The Kier molecular flexibility index (Phi) is 5.47. The van der Waals surface area contributed by atoms with Crippen molar-refractivity contribution in [1.82, 2.24) is 15.0 Å². The fraction of sp³-hybridized carbons (Fsp3) is 0.118. The van der Waals surface area contributed by atoms with Gasteiger partial charge in [-0.25, -0.2) is 27.9 Å². The second kappa shape index (κ2) is 7.82. The molecule has 0 amide bonds. The van der Waals surface area contributed by atoms with E-state index in [9.17, 15) is 17.2 Å². The second-order valence-corrected chi connectivity index (χ2v) is 7.32. The average molecular weight is 407 g/mol.